The van der Waals surface area contributed by atoms with Crippen molar-refractivity contribution in [3.63, 3.8) is 0 Å². The maximum absolute atomic E-state index is 12.3. The van der Waals surface area contributed by atoms with Gasteiger partial charge in [-0.2, -0.15) is 0 Å². The predicted octanol–water partition coefficient (Wildman–Crippen LogP) is 4.54. The van der Waals surface area contributed by atoms with Crippen LogP contribution >= 0.6 is 0 Å². The van der Waals surface area contributed by atoms with E-state index in [2.05, 4.69) is 6.92 Å². The molecule has 7 heteroatoms. The van der Waals surface area contributed by atoms with Gasteiger partial charge in [-0.05, 0) is 37.6 Å². The summed E-state index contributed by atoms with van der Waals surface area (Å²) in [5, 5.41) is 1.01. The molecule has 1 amide bonds. The second kappa shape index (κ2) is 11.7. The molecule has 34 heavy (non-hydrogen) atoms. The number of carbonyl (C=O) groups excluding carboxylic acids is 1. The first-order valence-corrected chi connectivity index (χ1v) is 11.9. The van der Waals surface area contributed by atoms with Gasteiger partial charge in [0.15, 0.2) is 6.61 Å². The number of para-hydroxylation sites is 1. The van der Waals surface area contributed by atoms with Crippen LogP contribution in [-0.4, -0.2) is 55.3 Å². The lowest BCUT2D eigenvalue weighted by atomic mass is 10.1. The molecule has 1 aromatic heterocycles. The number of aromatic nitrogens is 1. The zero-order chi connectivity index (χ0) is 23.8. The fraction of sp³-hybridized carbons (Fsp3) is 0.407. The highest BCUT2D eigenvalue weighted by atomic mass is 16.5. The maximum atomic E-state index is 12.3. The molecule has 4 rings (SSSR count). The van der Waals surface area contributed by atoms with E-state index in [4.69, 9.17) is 23.9 Å². The molecular weight excluding hydrogens is 432 g/mol. The summed E-state index contributed by atoms with van der Waals surface area (Å²) < 4.78 is 23.2. The maximum Gasteiger partial charge on any atom is 0.260 e. The van der Waals surface area contributed by atoms with E-state index >= 15 is 0 Å². The number of hydrogen-bond donors (Lipinski definition) is 0. The Morgan fingerprint density at radius 1 is 1.03 bits per heavy atom. The molecule has 0 saturated carbocycles. The fourth-order valence-electron chi connectivity index (χ4n) is 3.83. The number of morpholine rings is 1. The molecule has 1 fully saturated rings. The Kier molecular flexibility index (Phi) is 8.20. The second-order valence-electron chi connectivity index (χ2n) is 8.28. The van der Waals surface area contributed by atoms with Gasteiger partial charge < -0.3 is 23.8 Å². The molecule has 1 aliphatic heterocycles. The molecule has 7 nitrogen and oxygen atoms in total. The first kappa shape index (κ1) is 23.8. The van der Waals surface area contributed by atoms with Crippen LogP contribution in [0.15, 0.2) is 48.5 Å². The van der Waals surface area contributed by atoms with Gasteiger partial charge in [0.25, 0.3) is 5.91 Å². The van der Waals surface area contributed by atoms with Crippen LogP contribution in [0.5, 0.6) is 17.2 Å². The number of unbranched alkanes of at least 4 members (excludes halogenated alkanes) is 1. The van der Waals surface area contributed by atoms with Crippen molar-refractivity contribution in [3.8, 4) is 17.2 Å². The summed E-state index contributed by atoms with van der Waals surface area (Å²) in [6.07, 6.45) is 2.08. The molecule has 0 bridgehead atoms. The first-order valence-electron chi connectivity index (χ1n) is 11.9. The molecule has 0 aliphatic carbocycles. The molecule has 1 saturated heterocycles. The van der Waals surface area contributed by atoms with Crippen molar-refractivity contribution in [2.24, 2.45) is 0 Å². The van der Waals surface area contributed by atoms with Crippen LogP contribution in [0.1, 0.15) is 31.0 Å². The van der Waals surface area contributed by atoms with Gasteiger partial charge in [0.1, 0.15) is 23.9 Å². The summed E-state index contributed by atoms with van der Waals surface area (Å²) >= 11 is 0. The van der Waals surface area contributed by atoms with E-state index in [9.17, 15) is 4.79 Å². The van der Waals surface area contributed by atoms with Crippen LogP contribution in [0.25, 0.3) is 10.9 Å². The minimum absolute atomic E-state index is 0.00670. The van der Waals surface area contributed by atoms with E-state index in [1.165, 1.54) is 0 Å². The highest BCUT2D eigenvalue weighted by molar-refractivity contribution is 5.86. The van der Waals surface area contributed by atoms with Gasteiger partial charge in [-0.3, -0.25) is 4.79 Å². The number of nitrogens with zero attached hydrogens (tertiary/aromatic N) is 2. The fourth-order valence-corrected chi connectivity index (χ4v) is 3.83. The topological polar surface area (TPSA) is 70.1 Å². The Hall–Kier alpha value is -3.32. The van der Waals surface area contributed by atoms with Crippen molar-refractivity contribution < 1.29 is 23.7 Å². The molecular formula is C27H32N2O5. The minimum atomic E-state index is -0.0405. The number of carbonyl (C=O) groups is 1. The van der Waals surface area contributed by atoms with Crippen molar-refractivity contribution in [3.05, 3.63) is 59.8 Å². The number of benzene rings is 2. The smallest absolute Gasteiger partial charge is 0.260 e. The van der Waals surface area contributed by atoms with Gasteiger partial charge in [-0.15, -0.1) is 0 Å². The first-order chi connectivity index (χ1) is 16.7. The molecule has 3 aromatic rings. The Morgan fingerprint density at radius 2 is 1.79 bits per heavy atom. The van der Waals surface area contributed by atoms with Crippen molar-refractivity contribution >= 4 is 16.8 Å². The van der Waals surface area contributed by atoms with Crippen molar-refractivity contribution in [2.45, 2.75) is 33.3 Å². The van der Waals surface area contributed by atoms with Gasteiger partial charge in [0, 0.05) is 30.1 Å². The van der Waals surface area contributed by atoms with E-state index in [1.54, 1.807) is 11.0 Å². The van der Waals surface area contributed by atoms with E-state index in [0.717, 1.165) is 40.8 Å². The van der Waals surface area contributed by atoms with Gasteiger partial charge in [-0.1, -0.05) is 31.5 Å². The van der Waals surface area contributed by atoms with E-state index in [0.29, 0.717) is 51.0 Å². The van der Waals surface area contributed by atoms with Crippen molar-refractivity contribution in [2.75, 3.05) is 39.5 Å². The van der Waals surface area contributed by atoms with Gasteiger partial charge in [-0.25, -0.2) is 4.98 Å². The SMILES string of the molecule is CCCCOc1c(C)c(COc2cccc(OCC(=O)N3CCOCC3)c2)nc2ccccc12. The standard InChI is InChI=1S/C27H32N2O5/c1-3-4-14-32-27-20(2)25(28-24-11-6-5-10-23(24)27)18-33-21-8-7-9-22(17-21)34-19-26(30)29-12-15-31-16-13-29/h5-11,17H,3-4,12-16,18-19H2,1-2H3. The van der Waals surface area contributed by atoms with Gasteiger partial charge >= 0.3 is 0 Å². The average Bonchev–Trinajstić information content (AvgIpc) is 2.88. The van der Waals surface area contributed by atoms with Crippen LogP contribution in [0.4, 0.5) is 0 Å². The Balaban J connectivity index is 1.42. The van der Waals surface area contributed by atoms with Crippen LogP contribution in [0.2, 0.25) is 0 Å². The van der Waals surface area contributed by atoms with Crippen LogP contribution in [0.3, 0.4) is 0 Å². The molecule has 1 aliphatic rings. The largest absolute Gasteiger partial charge is 0.493 e. The summed E-state index contributed by atoms with van der Waals surface area (Å²) in [5.41, 5.74) is 2.70. The third-order valence-electron chi connectivity index (χ3n) is 5.83. The molecule has 0 N–H and O–H groups in total. The molecule has 0 radical (unpaired) electrons. The Bertz CT molecular complexity index is 1110. The number of amides is 1. The number of ether oxygens (including phenoxy) is 4. The van der Waals surface area contributed by atoms with E-state index in [-0.39, 0.29) is 12.5 Å². The summed E-state index contributed by atoms with van der Waals surface area (Å²) in [7, 11) is 0. The molecule has 180 valence electrons. The number of pyridine rings is 1. The third kappa shape index (κ3) is 5.97. The Labute approximate surface area is 200 Å². The average molecular weight is 465 g/mol. The van der Waals surface area contributed by atoms with E-state index < -0.39 is 0 Å². The summed E-state index contributed by atoms with van der Waals surface area (Å²) in [6.45, 7) is 7.50. The molecule has 0 atom stereocenters. The molecule has 0 unspecified atom stereocenters. The Morgan fingerprint density at radius 3 is 2.59 bits per heavy atom. The zero-order valence-corrected chi connectivity index (χ0v) is 19.9. The van der Waals surface area contributed by atoms with Gasteiger partial charge in [0.05, 0.1) is 31.0 Å². The summed E-state index contributed by atoms with van der Waals surface area (Å²) in [6, 6.07) is 15.3. The van der Waals surface area contributed by atoms with Gasteiger partial charge in [0.2, 0.25) is 0 Å². The third-order valence-corrected chi connectivity index (χ3v) is 5.83. The van der Waals surface area contributed by atoms with Crippen LogP contribution in [-0.2, 0) is 16.1 Å². The summed E-state index contributed by atoms with van der Waals surface area (Å²) in [5.74, 6) is 2.07. The number of rotatable bonds is 10. The quantitative estimate of drug-likeness (QED) is 0.411. The highest BCUT2D eigenvalue weighted by Gasteiger charge is 2.17. The molecule has 2 aromatic carbocycles. The number of hydrogen-bond acceptors (Lipinski definition) is 6. The molecule has 2 heterocycles. The minimum Gasteiger partial charge on any atom is -0.493 e. The normalized spacial score (nSPS) is 13.6. The number of fused-ring (bicyclic) bond motifs is 1. The van der Waals surface area contributed by atoms with Crippen molar-refractivity contribution in [1.29, 1.82) is 0 Å². The second-order valence-corrected chi connectivity index (χ2v) is 8.28. The lowest BCUT2D eigenvalue weighted by molar-refractivity contribution is -0.137. The van der Waals surface area contributed by atoms with Crippen LogP contribution < -0.4 is 14.2 Å². The van der Waals surface area contributed by atoms with Crippen molar-refractivity contribution in [1.82, 2.24) is 9.88 Å². The van der Waals surface area contributed by atoms with E-state index in [1.807, 2.05) is 49.4 Å². The zero-order valence-electron chi connectivity index (χ0n) is 19.9. The summed E-state index contributed by atoms with van der Waals surface area (Å²) in [4.78, 5) is 18.9. The lowest BCUT2D eigenvalue weighted by Gasteiger charge is -2.26. The highest BCUT2D eigenvalue weighted by Crippen LogP contribution is 2.31. The monoisotopic (exact) mass is 464 g/mol. The van der Waals surface area contributed by atoms with Crippen LogP contribution in [0, 0.1) is 6.92 Å². The lowest BCUT2D eigenvalue weighted by Crippen LogP contribution is -2.42. The predicted molar refractivity (Wildman–Crippen MR) is 131 cm³/mol. The molecule has 0 spiro atoms.